The van der Waals surface area contributed by atoms with Crippen LogP contribution >= 0.6 is 11.3 Å². The lowest BCUT2D eigenvalue weighted by Crippen LogP contribution is -2.42. The van der Waals surface area contributed by atoms with E-state index < -0.39 is 54.9 Å². The van der Waals surface area contributed by atoms with Crippen LogP contribution in [0.15, 0.2) is 20.2 Å². The highest BCUT2D eigenvalue weighted by atomic mass is 32.2. The quantitative estimate of drug-likeness (QED) is 0.544. The van der Waals surface area contributed by atoms with Gasteiger partial charge in [0.05, 0.1) is 5.69 Å². The molecule has 3 heterocycles. The Bertz CT molecular complexity index is 1080. The van der Waals surface area contributed by atoms with Crippen LogP contribution in [0.1, 0.15) is 19.8 Å². The minimum Gasteiger partial charge on any atom is -0.504 e. The van der Waals surface area contributed by atoms with Gasteiger partial charge in [-0.2, -0.15) is 4.31 Å². The Morgan fingerprint density at radius 2 is 2.00 bits per heavy atom. The van der Waals surface area contributed by atoms with E-state index in [1.807, 2.05) is 4.72 Å². The van der Waals surface area contributed by atoms with E-state index >= 15 is 0 Å². The smallest absolute Gasteiger partial charge is 0.282 e. The van der Waals surface area contributed by atoms with Crippen LogP contribution in [0.5, 0.6) is 5.75 Å². The Labute approximate surface area is 165 Å². The van der Waals surface area contributed by atoms with Crippen molar-refractivity contribution in [3.05, 3.63) is 16.0 Å². The number of rotatable bonds is 6. The van der Waals surface area contributed by atoms with Gasteiger partial charge in [-0.15, -0.1) is 11.3 Å². The number of anilines is 1. The summed E-state index contributed by atoms with van der Waals surface area (Å²) in [5, 5.41) is 14.2. The first-order valence-electron chi connectivity index (χ1n) is 8.20. The number of carbonyl (C=O) groups is 1. The van der Waals surface area contributed by atoms with Crippen LogP contribution in [0.4, 0.5) is 5.69 Å². The molecule has 0 spiro atoms. The molecule has 1 aromatic rings. The van der Waals surface area contributed by atoms with Crippen molar-refractivity contribution >= 4 is 43.0 Å². The molecule has 14 heteroatoms. The first-order chi connectivity index (χ1) is 13.0. The van der Waals surface area contributed by atoms with E-state index in [2.05, 4.69) is 5.32 Å². The summed E-state index contributed by atoms with van der Waals surface area (Å²) in [6.45, 7) is 1.55. The van der Waals surface area contributed by atoms with Crippen molar-refractivity contribution in [1.29, 1.82) is 0 Å². The van der Waals surface area contributed by atoms with E-state index in [4.69, 9.17) is 9.47 Å². The summed E-state index contributed by atoms with van der Waals surface area (Å²) in [6, 6.07) is -0.0992. The normalized spacial score (nSPS) is 27.0. The number of thiophene rings is 1. The zero-order chi connectivity index (χ0) is 20.4. The van der Waals surface area contributed by atoms with Gasteiger partial charge in [0.15, 0.2) is 16.2 Å². The molecular formula is C14H17N3O8S3. The van der Waals surface area contributed by atoms with Crippen molar-refractivity contribution in [3.63, 3.8) is 0 Å². The fraction of sp³-hybridized carbons (Fsp3) is 0.500. The summed E-state index contributed by atoms with van der Waals surface area (Å²) in [4.78, 5) is 11.7. The Balaban J connectivity index is 1.68. The van der Waals surface area contributed by atoms with E-state index in [-0.39, 0.29) is 15.9 Å². The van der Waals surface area contributed by atoms with Gasteiger partial charge in [0.1, 0.15) is 10.6 Å². The summed E-state index contributed by atoms with van der Waals surface area (Å²) < 4.78 is 62.7. The summed E-state index contributed by atoms with van der Waals surface area (Å²) in [5.41, 5.74) is -0.510. The van der Waals surface area contributed by atoms with Gasteiger partial charge in [-0.1, -0.05) is 0 Å². The van der Waals surface area contributed by atoms with E-state index in [1.54, 1.807) is 6.92 Å². The molecule has 1 saturated heterocycles. The summed E-state index contributed by atoms with van der Waals surface area (Å²) in [6.07, 6.45) is -0.400. The highest BCUT2D eigenvalue weighted by Crippen LogP contribution is 2.43. The fourth-order valence-electron chi connectivity index (χ4n) is 2.82. The van der Waals surface area contributed by atoms with Gasteiger partial charge in [0.25, 0.3) is 26.0 Å². The van der Waals surface area contributed by atoms with Crippen LogP contribution in [-0.4, -0.2) is 57.8 Å². The lowest BCUT2D eigenvalue weighted by molar-refractivity contribution is -0.356. The van der Waals surface area contributed by atoms with Crippen LogP contribution in [0.3, 0.4) is 0 Å². The van der Waals surface area contributed by atoms with Gasteiger partial charge in [0.2, 0.25) is 6.29 Å². The number of amides is 1. The zero-order valence-electron chi connectivity index (χ0n) is 14.7. The highest BCUT2D eigenvalue weighted by Gasteiger charge is 2.47. The first-order valence-corrected chi connectivity index (χ1v) is 12.0. The molecule has 1 saturated carbocycles. The molecule has 0 aromatic carbocycles. The maximum atomic E-state index is 12.6. The molecule has 11 nitrogen and oxygen atoms in total. The predicted octanol–water partition coefficient (Wildman–Crippen LogP) is 0.0386. The minimum absolute atomic E-state index is 0.0992. The number of carbonyl (C=O) groups excluding carboxylic acids is 1. The number of ether oxygens (including phenoxy) is 2. The van der Waals surface area contributed by atoms with E-state index in [0.717, 1.165) is 24.2 Å². The maximum Gasteiger partial charge on any atom is 0.282 e. The molecule has 2 fully saturated rings. The van der Waals surface area contributed by atoms with Gasteiger partial charge in [-0.05, 0) is 19.8 Å². The van der Waals surface area contributed by atoms with E-state index in [1.165, 1.54) is 16.7 Å². The first kappa shape index (κ1) is 19.6. The number of hydrogen-bond acceptors (Lipinski definition) is 10. The summed E-state index contributed by atoms with van der Waals surface area (Å²) in [7, 11) is -6.65. The Morgan fingerprint density at radius 1 is 1.36 bits per heavy atom. The Morgan fingerprint density at radius 3 is 2.57 bits per heavy atom. The van der Waals surface area contributed by atoms with Crippen molar-refractivity contribution < 1.29 is 36.2 Å². The molecule has 0 radical (unpaired) electrons. The van der Waals surface area contributed by atoms with Crippen molar-refractivity contribution in [2.75, 3.05) is 12.4 Å². The summed E-state index contributed by atoms with van der Waals surface area (Å²) in [5.74, 6) is -1.56. The number of aromatic hydroxyl groups is 1. The van der Waals surface area contributed by atoms with Gasteiger partial charge >= 0.3 is 0 Å². The third kappa shape index (κ3) is 3.09. The van der Waals surface area contributed by atoms with Crippen LogP contribution < -0.4 is 10.0 Å². The van der Waals surface area contributed by atoms with Crippen molar-refractivity contribution in [1.82, 2.24) is 9.03 Å². The molecule has 0 bridgehead atoms. The molecule has 3 aliphatic rings. The number of hydrogen-bond donors (Lipinski definition) is 3. The molecule has 0 unspecified atom stereocenters. The second kappa shape index (κ2) is 6.40. The van der Waals surface area contributed by atoms with Crippen LogP contribution in [-0.2, 0) is 34.3 Å². The van der Waals surface area contributed by atoms with Crippen molar-refractivity contribution in [3.8, 4) is 5.75 Å². The molecule has 0 atom stereocenters. The molecule has 3 N–H and O–H groups in total. The zero-order valence-corrected chi connectivity index (χ0v) is 17.2. The molecule has 1 amide bonds. The van der Waals surface area contributed by atoms with Crippen molar-refractivity contribution in [2.24, 2.45) is 0 Å². The Hall–Kier alpha value is -1.71. The molecule has 2 aliphatic heterocycles. The van der Waals surface area contributed by atoms with Crippen molar-refractivity contribution in [2.45, 2.75) is 42.6 Å². The predicted molar refractivity (Wildman–Crippen MR) is 97.1 cm³/mol. The van der Waals surface area contributed by atoms with E-state index in [9.17, 15) is 26.7 Å². The molecule has 28 heavy (non-hydrogen) atoms. The fourth-order valence-corrected chi connectivity index (χ4v) is 6.88. The molecule has 1 aromatic heterocycles. The van der Waals surface area contributed by atoms with E-state index in [0.29, 0.717) is 0 Å². The van der Waals surface area contributed by atoms with Crippen LogP contribution in [0, 0.1) is 0 Å². The van der Waals surface area contributed by atoms with Crippen LogP contribution in [0.2, 0.25) is 0 Å². The lowest BCUT2D eigenvalue weighted by Gasteiger charge is -2.33. The third-order valence-electron chi connectivity index (χ3n) is 4.50. The average Bonchev–Trinajstić information content (AvgIpc) is 3.30. The standard InChI is InChI=1S/C14H17N3O8S3/c1-6-24-13(25-6)11-9(12(19)16-27(11,20)21)15-8-5-26-14(10(8)18)28(22,23)17(2)7-3-4-7/h5-7,13,15,18H,3-4H2,1-2H3,(H,16,19). The second-order valence-electron chi connectivity index (χ2n) is 6.51. The van der Waals surface area contributed by atoms with Gasteiger partial charge in [-0.3, -0.25) is 4.79 Å². The Kier molecular flexibility index (Phi) is 4.48. The van der Waals surface area contributed by atoms with Gasteiger partial charge in [0, 0.05) is 18.5 Å². The largest absolute Gasteiger partial charge is 0.504 e. The molecule has 1 aliphatic carbocycles. The lowest BCUT2D eigenvalue weighted by atomic mass is 10.3. The van der Waals surface area contributed by atoms with Crippen LogP contribution in [0.25, 0.3) is 0 Å². The maximum absolute atomic E-state index is 12.6. The monoisotopic (exact) mass is 451 g/mol. The number of nitrogens with one attached hydrogen (secondary N) is 2. The molecule has 4 rings (SSSR count). The highest BCUT2D eigenvalue weighted by molar-refractivity contribution is 7.94. The topological polar surface area (TPSA) is 151 Å². The second-order valence-corrected chi connectivity index (χ2v) is 11.2. The average molecular weight is 452 g/mol. The minimum atomic E-state index is -4.18. The van der Waals surface area contributed by atoms with Gasteiger partial charge < -0.3 is 19.9 Å². The third-order valence-corrected chi connectivity index (χ3v) is 9.33. The molecule has 154 valence electrons. The SMILES string of the molecule is CC1OC(C2=C(Nc3csc(S(=O)(=O)N(C)C4CC4)c3O)C(=O)NS2(=O)=O)O1. The number of sulfonamides is 2. The molecular weight excluding hydrogens is 434 g/mol. The number of nitrogens with zero attached hydrogens (tertiary/aromatic N) is 1. The summed E-state index contributed by atoms with van der Waals surface area (Å²) >= 11 is 0.762. The van der Waals surface area contributed by atoms with Gasteiger partial charge in [-0.25, -0.2) is 21.6 Å².